The van der Waals surface area contributed by atoms with Crippen LogP contribution in [0.4, 0.5) is 5.13 Å². The number of aromatic nitrogens is 1. The van der Waals surface area contributed by atoms with Crippen molar-refractivity contribution in [3.63, 3.8) is 0 Å². The second kappa shape index (κ2) is 3.77. The third-order valence-electron chi connectivity index (χ3n) is 1.55. The maximum Gasteiger partial charge on any atom is 0.180 e. The van der Waals surface area contributed by atoms with Gasteiger partial charge in [-0.25, -0.2) is 4.98 Å². The first kappa shape index (κ1) is 9.18. The number of hydrogen-bond acceptors (Lipinski definition) is 4. The Hall–Kier alpha value is -0.390. The molecule has 0 aromatic carbocycles. The maximum absolute atomic E-state index is 5.54. The molecule has 0 aliphatic carbocycles. The zero-order valence-corrected chi connectivity index (χ0v) is 9.88. The van der Waals surface area contributed by atoms with Gasteiger partial charge >= 0.3 is 0 Å². The van der Waals surface area contributed by atoms with Crippen molar-refractivity contribution in [2.75, 3.05) is 5.73 Å². The molecule has 0 spiro atoms. The van der Waals surface area contributed by atoms with Crippen LogP contribution in [0.2, 0.25) is 0 Å². The summed E-state index contributed by atoms with van der Waals surface area (Å²) in [5.41, 5.74) is 5.54. The van der Waals surface area contributed by atoms with Gasteiger partial charge in [-0.3, -0.25) is 0 Å². The molecule has 2 rings (SSSR count). The summed E-state index contributed by atoms with van der Waals surface area (Å²) in [7, 11) is 0. The lowest BCUT2D eigenvalue weighted by atomic mass is 10.3. The van der Waals surface area contributed by atoms with Crippen LogP contribution in [0, 0.1) is 0 Å². The molecule has 13 heavy (non-hydrogen) atoms. The topological polar surface area (TPSA) is 38.9 Å². The molecule has 0 atom stereocenters. The molecule has 2 N–H and O–H groups in total. The lowest BCUT2D eigenvalue weighted by Crippen LogP contribution is -1.77. The monoisotopic (exact) mass is 274 g/mol. The number of nitrogens with zero attached hydrogens (tertiary/aromatic N) is 1. The molecule has 68 valence electrons. The van der Waals surface area contributed by atoms with Crippen molar-refractivity contribution in [2.24, 2.45) is 0 Å². The number of thiophene rings is 1. The van der Waals surface area contributed by atoms with Crippen molar-refractivity contribution in [2.45, 2.75) is 6.42 Å². The second-order valence-corrected chi connectivity index (χ2v) is 6.24. The molecule has 2 heterocycles. The molecule has 0 saturated heterocycles. The highest BCUT2D eigenvalue weighted by atomic mass is 79.9. The molecule has 5 heteroatoms. The first-order chi connectivity index (χ1) is 6.24. The highest BCUT2D eigenvalue weighted by Crippen LogP contribution is 2.26. The van der Waals surface area contributed by atoms with Gasteiger partial charge in [0.15, 0.2) is 5.13 Å². The maximum atomic E-state index is 5.54. The van der Waals surface area contributed by atoms with Crippen LogP contribution in [0.1, 0.15) is 9.75 Å². The van der Waals surface area contributed by atoms with E-state index in [0.717, 1.165) is 6.42 Å². The van der Waals surface area contributed by atoms with Crippen LogP contribution in [0.5, 0.6) is 0 Å². The van der Waals surface area contributed by atoms with Gasteiger partial charge in [0.2, 0.25) is 0 Å². The molecule has 0 saturated carbocycles. The number of hydrogen-bond donors (Lipinski definition) is 1. The molecule has 0 amide bonds. The summed E-state index contributed by atoms with van der Waals surface area (Å²) < 4.78 is 1.17. The molecule has 0 radical (unpaired) electrons. The summed E-state index contributed by atoms with van der Waals surface area (Å²) in [4.78, 5) is 6.55. The minimum absolute atomic E-state index is 0.644. The molecule has 2 nitrogen and oxygen atoms in total. The average molecular weight is 275 g/mol. The molecule has 0 aliphatic heterocycles. The number of nitrogens with two attached hydrogens (primary N) is 1. The summed E-state index contributed by atoms with van der Waals surface area (Å²) in [5, 5.41) is 0.644. The summed E-state index contributed by atoms with van der Waals surface area (Å²) in [6, 6.07) is 4.18. The highest BCUT2D eigenvalue weighted by Gasteiger charge is 2.02. The SMILES string of the molecule is Nc1ncc(Cc2ccc(Br)s2)s1. The van der Waals surface area contributed by atoms with Gasteiger partial charge in [0, 0.05) is 22.4 Å². The van der Waals surface area contributed by atoms with Crippen LogP contribution in [-0.2, 0) is 6.42 Å². The number of halogens is 1. The smallest absolute Gasteiger partial charge is 0.180 e. The highest BCUT2D eigenvalue weighted by molar-refractivity contribution is 9.11. The lowest BCUT2D eigenvalue weighted by Gasteiger charge is -1.89. The van der Waals surface area contributed by atoms with Crippen molar-refractivity contribution < 1.29 is 0 Å². The lowest BCUT2D eigenvalue weighted by molar-refractivity contribution is 1.27. The van der Waals surface area contributed by atoms with Gasteiger partial charge in [0.1, 0.15) is 0 Å². The summed E-state index contributed by atoms with van der Waals surface area (Å²) in [5.74, 6) is 0. The van der Waals surface area contributed by atoms with E-state index in [0.29, 0.717) is 5.13 Å². The fraction of sp³-hybridized carbons (Fsp3) is 0.125. The van der Waals surface area contributed by atoms with E-state index in [9.17, 15) is 0 Å². The van der Waals surface area contributed by atoms with E-state index >= 15 is 0 Å². The Bertz CT molecular complexity index is 369. The van der Waals surface area contributed by atoms with Crippen LogP contribution in [0.15, 0.2) is 22.1 Å². The van der Waals surface area contributed by atoms with Crippen LogP contribution >= 0.6 is 38.6 Å². The Balaban J connectivity index is 2.14. The molecule has 2 aromatic heterocycles. The third-order valence-corrected chi connectivity index (χ3v) is 4.00. The molecule has 0 aliphatic rings. The van der Waals surface area contributed by atoms with Gasteiger partial charge in [-0.15, -0.1) is 22.7 Å². The minimum Gasteiger partial charge on any atom is -0.375 e. The van der Waals surface area contributed by atoms with Gasteiger partial charge < -0.3 is 5.73 Å². The van der Waals surface area contributed by atoms with E-state index in [4.69, 9.17) is 5.73 Å². The zero-order valence-electron chi connectivity index (χ0n) is 6.66. The van der Waals surface area contributed by atoms with Crippen molar-refractivity contribution in [1.29, 1.82) is 0 Å². The standard InChI is InChI=1S/C8H7BrN2S2/c9-7-2-1-5(12-7)3-6-4-11-8(10)13-6/h1-2,4H,3H2,(H2,10,11). The average Bonchev–Trinajstić information content (AvgIpc) is 2.62. The Morgan fingerprint density at radius 2 is 2.15 bits per heavy atom. The fourth-order valence-corrected chi connectivity index (χ4v) is 3.33. The van der Waals surface area contributed by atoms with Crippen LogP contribution in [-0.4, -0.2) is 4.98 Å². The Labute approximate surface area is 92.6 Å². The normalized spacial score (nSPS) is 10.5. The molecule has 2 aromatic rings. The van der Waals surface area contributed by atoms with Crippen LogP contribution in [0.25, 0.3) is 0 Å². The zero-order chi connectivity index (χ0) is 9.26. The summed E-state index contributed by atoms with van der Waals surface area (Å²) >= 11 is 6.73. The summed E-state index contributed by atoms with van der Waals surface area (Å²) in [6.07, 6.45) is 2.78. The molecule has 0 fully saturated rings. The van der Waals surface area contributed by atoms with Gasteiger partial charge in [0.05, 0.1) is 3.79 Å². The van der Waals surface area contributed by atoms with E-state index in [1.54, 1.807) is 22.7 Å². The Morgan fingerprint density at radius 1 is 1.31 bits per heavy atom. The van der Waals surface area contributed by atoms with E-state index in [1.165, 1.54) is 13.5 Å². The number of anilines is 1. The third kappa shape index (κ3) is 2.30. The van der Waals surface area contributed by atoms with Gasteiger partial charge in [-0.2, -0.15) is 0 Å². The van der Waals surface area contributed by atoms with E-state index in [-0.39, 0.29) is 0 Å². The van der Waals surface area contributed by atoms with Gasteiger partial charge in [0.25, 0.3) is 0 Å². The quantitative estimate of drug-likeness (QED) is 0.914. The first-order valence-corrected chi connectivity index (χ1v) is 6.11. The molecule has 0 bridgehead atoms. The largest absolute Gasteiger partial charge is 0.375 e. The predicted molar refractivity (Wildman–Crippen MR) is 61.4 cm³/mol. The fourth-order valence-electron chi connectivity index (χ4n) is 1.02. The second-order valence-electron chi connectivity index (χ2n) is 2.55. The predicted octanol–water partition coefficient (Wildman–Crippen LogP) is 3.14. The van der Waals surface area contributed by atoms with E-state index in [1.807, 2.05) is 6.20 Å². The Morgan fingerprint density at radius 3 is 2.69 bits per heavy atom. The number of thiazole rings is 1. The summed E-state index contributed by atoms with van der Waals surface area (Å²) in [6.45, 7) is 0. The van der Waals surface area contributed by atoms with Crippen molar-refractivity contribution in [1.82, 2.24) is 4.98 Å². The van der Waals surface area contributed by atoms with Crippen LogP contribution in [0.3, 0.4) is 0 Å². The van der Waals surface area contributed by atoms with Crippen LogP contribution < -0.4 is 5.73 Å². The van der Waals surface area contributed by atoms with E-state index < -0.39 is 0 Å². The molecular formula is C8H7BrN2S2. The van der Waals surface area contributed by atoms with Gasteiger partial charge in [-0.1, -0.05) is 0 Å². The molecular weight excluding hydrogens is 268 g/mol. The molecule has 0 unspecified atom stereocenters. The van der Waals surface area contributed by atoms with Crippen molar-refractivity contribution >= 4 is 43.7 Å². The van der Waals surface area contributed by atoms with Crippen molar-refractivity contribution in [3.8, 4) is 0 Å². The Kier molecular flexibility index (Phi) is 2.66. The van der Waals surface area contributed by atoms with Crippen molar-refractivity contribution in [3.05, 3.63) is 31.9 Å². The number of nitrogen functional groups attached to an aromatic ring is 1. The van der Waals surface area contributed by atoms with E-state index in [2.05, 4.69) is 33.0 Å². The van der Waals surface area contributed by atoms with Gasteiger partial charge in [-0.05, 0) is 28.1 Å². The minimum atomic E-state index is 0.644. The first-order valence-electron chi connectivity index (χ1n) is 3.68. The number of rotatable bonds is 2.